The zero-order valence-corrected chi connectivity index (χ0v) is 12.5. The summed E-state index contributed by atoms with van der Waals surface area (Å²) in [7, 11) is 0. The molecule has 1 aliphatic carbocycles. The van der Waals surface area contributed by atoms with Crippen molar-refractivity contribution in [3.63, 3.8) is 0 Å². The first-order valence-electron chi connectivity index (χ1n) is 7.95. The molecule has 2 nitrogen and oxygen atoms in total. The van der Waals surface area contributed by atoms with Gasteiger partial charge in [-0.05, 0) is 43.9 Å². The van der Waals surface area contributed by atoms with Gasteiger partial charge >= 0.3 is 0 Å². The fourth-order valence-corrected chi connectivity index (χ4v) is 3.10. The van der Waals surface area contributed by atoms with E-state index in [0.717, 1.165) is 18.2 Å². The second-order valence-corrected chi connectivity index (χ2v) is 5.98. The van der Waals surface area contributed by atoms with Crippen LogP contribution in [0.2, 0.25) is 0 Å². The van der Waals surface area contributed by atoms with Gasteiger partial charge in [-0.1, -0.05) is 45.1 Å². The quantitative estimate of drug-likeness (QED) is 0.820. The standard InChI is InChI=1S/C17H28N2/c1-3-11-18-17(12-15-7-5-4-6-8-15)16-10-9-14(2)19-13-16/h9-10,13,15,17-18H,3-8,11-12H2,1-2H3. The Morgan fingerprint density at radius 1 is 1.26 bits per heavy atom. The summed E-state index contributed by atoms with van der Waals surface area (Å²) in [5, 5.41) is 3.71. The number of nitrogens with one attached hydrogen (secondary N) is 1. The molecule has 1 aromatic heterocycles. The smallest absolute Gasteiger partial charge is 0.0372 e. The molecule has 0 saturated heterocycles. The molecule has 106 valence electrons. The number of aryl methyl sites for hydroxylation is 1. The van der Waals surface area contributed by atoms with Crippen molar-refractivity contribution in [2.24, 2.45) is 5.92 Å². The Balaban J connectivity index is 1.99. The molecule has 1 aromatic rings. The molecule has 0 amide bonds. The van der Waals surface area contributed by atoms with Crippen molar-refractivity contribution in [3.8, 4) is 0 Å². The Morgan fingerprint density at radius 2 is 2.05 bits per heavy atom. The predicted octanol–water partition coefficient (Wildman–Crippen LogP) is 4.40. The maximum Gasteiger partial charge on any atom is 0.0372 e. The van der Waals surface area contributed by atoms with E-state index in [0.29, 0.717) is 6.04 Å². The van der Waals surface area contributed by atoms with Crippen LogP contribution in [-0.2, 0) is 0 Å². The molecule has 1 N–H and O–H groups in total. The van der Waals surface area contributed by atoms with Gasteiger partial charge in [0.1, 0.15) is 0 Å². The molecule has 1 saturated carbocycles. The Kier molecular flexibility index (Phi) is 5.84. The summed E-state index contributed by atoms with van der Waals surface area (Å²) >= 11 is 0. The van der Waals surface area contributed by atoms with E-state index in [1.165, 1.54) is 50.5 Å². The van der Waals surface area contributed by atoms with Gasteiger partial charge in [-0.2, -0.15) is 0 Å². The van der Waals surface area contributed by atoms with Crippen molar-refractivity contribution < 1.29 is 0 Å². The summed E-state index contributed by atoms with van der Waals surface area (Å²) in [6.45, 7) is 5.39. The van der Waals surface area contributed by atoms with Crippen molar-refractivity contribution in [1.29, 1.82) is 0 Å². The van der Waals surface area contributed by atoms with Crippen molar-refractivity contribution in [2.75, 3.05) is 6.54 Å². The van der Waals surface area contributed by atoms with E-state index in [1.54, 1.807) is 0 Å². The molecule has 0 aromatic carbocycles. The second kappa shape index (κ2) is 7.64. The number of pyridine rings is 1. The van der Waals surface area contributed by atoms with Crippen LogP contribution in [0.1, 0.15) is 69.2 Å². The van der Waals surface area contributed by atoms with Crippen LogP contribution in [0.3, 0.4) is 0 Å². The first-order chi connectivity index (χ1) is 9.29. The van der Waals surface area contributed by atoms with Gasteiger partial charge in [0.05, 0.1) is 0 Å². The van der Waals surface area contributed by atoms with Crippen LogP contribution in [0, 0.1) is 12.8 Å². The van der Waals surface area contributed by atoms with Crippen LogP contribution in [0.25, 0.3) is 0 Å². The lowest BCUT2D eigenvalue weighted by molar-refractivity contribution is 0.299. The van der Waals surface area contributed by atoms with E-state index in [1.807, 2.05) is 0 Å². The van der Waals surface area contributed by atoms with Crippen LogP contribution in [0.5, 0.6) is 0 Å². The molecule has 0 radical (unpaired) electrons. The zero-order valence-electron chi connectivity index (χ0n) is 12.5. The summed E-state index contributed by atoms with van der Waals surface area (Å²) in [6, 6.07) is 4.88. The Bertz CT molecular complexity index is 352. The molecule has 1 atom stereocenters. The van der Waals surface area contributed by atoms with Crippen molar-refractivity contribution >= 4 is 0 Å². The molecule has 0 spiro atoms. The van der Waals surface area contributed by atoms with Gasteiger partial charge in [-0.3, -0.25) is 4.98 Å². The molecule has 2 heteroatoms. The minimum atomic E-state index is 0.496. The zero-order chi connectivity index (χ0) is 13.5. The largest absolute Gasteiger partial charge is 0.310 e. The van der Waals surface area contributed by atoms with E-state index in [-0.39, 0.29) is 0 Å². The third-order valence-corrected chi connectivity index (χ3v) is 4.27. The van der Waals surface area contributed by atoms with E-state index in [4.69, 9.17) is 0 Å². The minimum absolute atomic E-state index is 0.496. The maximum absolute atomic E-state index is 4.46. The molecule has 1 heterocycles. The molecule has 19 heavy (non-hydrogen) atoms. The second-order valence-electron chi connectivity index (χ2n) is 5.98. The summed E-state index contributed by atoms with van der Waals surface area (Å²) in [4.78, 5) is 4.46. The van der Waals surface area contributed by atoms with Gasteiger partial charge < -0.3 is 5.32 Å². The van der Waals surface area contributed by atoms with Gasteiger partial charge in [-0.15, -0.1) is 0 Å². The molecule has 1 fully saturated rings. The Morgan fingerprint density at radius 3 is 2.68 bits per heavy atom. The molecule has 0 bridgehead atoms. The average Bonchev–Trinajstić information content (AvgIpc) is 2.45. The minimum Gasteiger partial charge on any atom is -0.310 e. The monoisotopic (exact) mass is 260 g/mol. The SMILES string of the molecule is CCCNC(CC1CCCCC1)c1ccc(C)nc1. The van der Waals surface area contributed by atoms with Crippen LogP contribution in [-0.4, -0.2) is 11.5 Å². The van der Waals surface area contributed by atoms with Crippen molar-refractivity contribution in [2.45, 2.75) is 64.8 Å². The molecule has 2 rings (SSSR count). The molecule has 1 unspecified atom stereocenters. The fourth-order valence-electron chi connectivity index (χ4n) is 3.10. The summed E-state index contributed by atoms with van der Waals surface area (Å²) in [5.74, 6) is 0.907. The van der Waals surface area contributed by atoms with Gasteiger partial charge in [0, 0.05) is 17.9 Å². The molecule has 0 aliphatic heterocycles. The van der Waals surface area contributed by atoms with Crippen LogP contribution >= 0.6 is 0 Å². The summed E-state index contributed by atoms with van der Waals surface area (Å²) in [5.41, 5.74) is 2.47. The Labute approximate surface area is 118 Å². The van der Waals surface area contributed by atoms with E-state index in [9.17, 15) is 0 Å². The topological polar surface area (TPSA) is 24.9 Å². The lowest BCUT2D eigenvalue weighted by Crippen LogP contribution is -2.25. The molecule has 1 aliphatic rings. The van der Waals surface area contributed by atoms with Crippen molar-refractivity contribution in [1.82, 2.24) is 10.3 Å². The normalized spacial score (nSPS) is 18.4. The lowest BCUT2D eigenvalue weighted by Gasteiger charge is -2.27. The van der Waals surface area contributed by atoms with E-state index >= 15 is 0 Å². The van der Waals surface area contributed by atoms with Gasteiger partial charge in [0.2, 0.25) is 0 Å². The maximum atomic E-state index is 4.46. The average molecular weight is 260 g/mol. The number of hydrogen-bond acceptors (Lipinski definition) is 2. The third kappa shape index (κ3) is 4.61. The van der Waals surface area contributed by atoms with Gasteiger partial charge in [0.25, 0.3) is 0 Å². The van der Waals surface area contributed by atoms with Gasteiger partial charge in [0.15, 0.2) is 0 Å². The molecular weight excluding hydrogens is 232 g/mol. The predicted molar refractivity (Wildman–Crippen MR) is 81.2 cm³/mol. The summed E-state index contributed by atoms with van der Waals surface area (Å²) in [6.07, 6.45) is 11.7. The number of aromatic nitrogens is 1. The number of rotatable bonds is 6. The highest BCUT2D eigenvalue weighted by Crippen LogP contribution is 2.31. The van der Waals surface area contributed by atoms with Crippen LogP contribution in [0.4, 0.5) is 0 Å². The van der Waals surface area contributed by atoms with E-state index < -0.39 is 0 Å². The van der Waals surface area contributed by atoms with Crippen molar-refractivity contribution in [3.05, 3.63) is 29.6 Å². The number of hydrogen-bond donors (Lipinski definition) is 1. The third-order valence-electron chi connectivity index (χ3n) is 4.27. The van der Waals surface area contributed by atoms with Crippen LogP contribution in [0.15, 0.2) is 18.3 Å². The van der Waals surface area contributed by atoms with Crippen LogP contribution < -0.4 is 5.32 Å². The number of nitrogens with zero attached hydrogens (tertiary/aromatic N) is 1. The fraction of sp³-hybridized carbons (Fsp3) is 0.706. The Hall–Kier alpha value is -0.890. The highest BCUT2D eigenvalue weighted by Gasteiger charge is 2.19. The highest BCUT2D eigenvalue weighted by atomic mass is 14.9. The first kappa shape index (κ1) is 14.5. The summed E-state index contributed by atoms with van der Waals surface area (Å²) < 4.78 is 0. The van der Waals surface area contributed by atoms with E-state index in [2.05, 4.69) is 42.5 Å². The lowest BCUT2D eigenvalue weighted by atomic mass is 9.83. The highest BCUT2D eigenvalue weighted by molar-refractivity contribution is 5.17. The van der Waals surface area contributed by atoms with Gasteiger partial charge in [-0.25, -0.2) is 0 Å². The molecular formula is C17H28N2. The first-order valence-corrected chi connectivity index (χ1v) is 7.95.